The quantitative estimate of drug-likeness (QED) is 0.699. The van der Waals surface area contributed by atoms with Crippen molar-refractivity contribution in [1.29, 1.82) is 0 Å². The Labute approximate surface area is 108 Å². The molecule has 0 saturated heterocycles. The molecule has 0 bridgehead atoms. The third-order valence-corrected chi connectivity index (χ3v) is 4.37. The van der Waals surface area contributed by atoms with Gasteiger partial charge in [0.2, 0.25) is 0 Å². The Balaban J connectivity index is 2.15. The van der Waals surface area contributed by atoms with Gasteiger partial charge >= 0.3 is 0 Å². The molecule has 0 saturated carbocycles. The van der Waals surface area contributed by atoms with Gasteiger partial charge in [0.25, 0.3) is 0 Å². The second-order valence-corrected chi connectivity index (χ2v) is 6.11. The van der Waals surface area contributed by atoms with E-state index >= 15 is 0 Å². The maximum atomic E-state index is 9.70. The van der Waals surface area contributed by atoms with Crippen molar-refractivity contribution in [2.75, 3.05) is 0 Å². The molecule has 1 heterocycles. The smallest absolute Gasteiger partial charge is 0.124 e. The third kappa shape index (κ3) is 1.71. The number of fused-ring (bicyclic) bond motifs is 3. The summed E-state index contributed by atoms with van der Waals surface area (Å²) in [6.45, 7) is 6.55. The van der Waals surface area contributed by atoms with Gasteiger partial charge in [-0.25, -0.2) is 0 Å². The van der Waals surface area contributed by atoms with Crippen LogP contribution in [-0.2, 0) is 0 Å². The fourth-order valence-electron chi connectivity index (χ4n) is 3.40. The highest BCUT2D eigenvalue weighted by atomic mass is 16.5. The minimum atomic E-state index is -0.133. The van der Waals surface area contributed by atoms with E-state index in [4.69, 9.17) is 4.74 Å². The Kier molecular flexibility index (Phi) is 2.44. The van der Waals surface area contributed by atoms with Crippen molar-refractivity contribution >= 4 is 0 Å². The molecular weight excluding hydrogens is 224 g/mol. The van der Waals surface area contributed by atoms with Gasteiger partial charge in [-0.1, -0.05) is 11.6 Å². The molecule has 0 amide bonds. The molecule has 2 nitrogen and oxygen atoms in total. The zero-order chi connectivity index (χ0) is 12.9. The predicted molar refractivity (Wildman–Crippen MR) is 72.0 cm³/mol. The lowest BCUT2D eigenvalue weighted by Gasteiger charge is -2.46. The average Bonchev–Trinajstić information content (AvgIpc) is 2.30. The highest BCUT2D eigenvalue weighted by Gasteiger charge is 2.43. The molecule has 1 aromatic carbocycles. The van der Waals surface area contributed by atoms with Gasteiger partial charge in [-0.15, -0.1) is 0 Å². The first-order valence-electron chi connectivity index (χ1n) is 6.66. The molecule has 1 aromatic rings. The molecule has 3 rings (SSSR count). The normalized spacial score (nSPS) is 28.7. The van der Waals surface area contributed by atoms with Crippen LogP contribution in [0.15, 0.2) is 29.8 Å². The summed E-state index contributed by atoms with van der Waals surface area (Å²) in [6, 6.07) is 5.45. The van der Waals surface area contributed by atoms with Crippen LogP contribution in [0.4, 0.5) is 0 Å². The summed E-state index contributed by atoms with van der Waals surface area (Å²) in [5.74, 6) is 2.12. The molecule has 2 atom stereocenters. The molecular formula is C16H20O2. The van der Waals surface area contributed by atoms with Crippen molar-refractivity contribution in [3.63, 3.8) is 0 Å². The Bertz CT molecular complexity index is 514. The van der Waals surface area contributed by atoms with Gasteiger partial charge in [0.05, 0.1) is 0 Å². The van der Waals surface area contributed by atoms with E-state index in [1.54, 1.807) is 6.07 Å². The molecule has 1 N–H and O–H groups in total. The lowest BCUT2D eigenvalue weighted by molar-refractivity contribution is 0.0115. The Morgan fingerprint density at radius 1 is 1.33 bits per heavy atom. The monoisotopic (exact) mass is 244 g/mol. The zero-order valence-electron chi connectivity index (χ0n) is 11.2. The van der Waals surface area contributed by atoms with Gasteiger partial charge < -0.3 is 9.84 Å². The number of phenols is 1. The first-order chi connectivity index (χ1) is 8.47. The SMILES string of the molecule is CC1=C[C@@H]2c3cc(O)ccc3OC(C)(C)C2CC1. The summed E-state index contributed by atoms with van der Waals surface area (Å²) in [4.78, 5) is 0. The van der Waals surface area contributed by atoms with Gasteiger partial charge in [-0.05, 0) is 51.8 Å². The number of hydrogen-bond donors (Lipinski definition) is 1. The number of allylic oxidation sites excluding steroid dienone is 2. The summed E-state index contributed by atoms with van der Waals surface area (Å²) >= 11 is 0. The highest BCUT2D eigenvalue weighted by Crippen LogP contribution is 2.50. The second kappa shape index (κ2) is 3.78. The molecule has 1 aliphatic heterocycles. The summed E-state index contributed by atoms with van der Waals surface area (Å²) in [5, 5.41) is 9.70. The lowest BCUT2D eigenvalue weighted by atomic mass is 9.68. The second-order valence-electron chi connectivity index (χ2n) is 6.11. The Hall–Kier alpha value is -1.44. The van der Waals surface area contributed by atoms with E-state index in [0.717, 1.165) is 24.2 Å². The van der Waals surface area contributed by atoms with E-state index in [1.165, 1.54) is 5.57 Å². The molecule has 0 radical (unpaired) electrons. The number of ether oxygens (including phenoxy) is 1. The van der Waals surface area contributed by atoms with Gasteiger partial charge in [0.1, 0.15) is 17.1 Å². The van der Waals surface area contributed by atoms with Crippen LogP contribution in [0.1, 0.15) is 45.1 Å². The minimum Gasteiger partial charge on any atom is -0.508 e. The molecule has 1 aliphatic carbocycles. The van der Waals surface area contributed by atoms with Crippen LogP contribution < -0.4 is 4.74 Å². The van der Waals surface area contributed by atoms with E-state index in [1.807, 2.05) is 12.1 Å². The van der Waals surface area contributed by atoms with Crippen molar-refractivity contribution in [3.8, 4) is 11.5 Å². The molecule has 18 heavy (non-hydrogen) atoms. The number of hydrogen-bond acceptors (Lipinski definition) is 2. The van der Waals surface area contributed by atoms with Crippen molar-refractivity contribution in [2.45, 2.75) is 45.1 Å². The summed E-state index contributed by atoms with van der Waals surface area (Å²) in [7, 11) is 0. The fourth-order valence-corrected chi connectivity index (χ4v) is 3.40. The maximum Gasteiger partial charge on any atom is 0.124 e. The van der Waals surface area contributed by atoms with Gasteiger partial charge in [-0.2, -0.15) is 0 Å². The number of benzene rings is 1. The molecule has 2 heteroatoms. The standard InChI is InChI=1S/C16H20O2/c1-10-4-6-14-12(8-10)13-9-11(17)5-7-15(13)18-16(14,2)3/h5,7-9,12,14,17H,4,6H2,1-3H3/t12-,14?/m1/s1. The van der Waals surface area contributed by atoms with Crippen molar-refractivity contribution in [2.24, 2.45) is 5.92 Å². The zero-order valence-corrected chi connectivity index (χ0v) is 11.2. The van der Waals surface area contributed by atoms with Gasteiger partial charge in [0, 0.05) is 17.4 Å². The van der Waals surface area contributed by atoms with E-state index in [-0.39, 0.29) is 5.60 Å². The molecule has 96 valence electrons. The van der Waals surface area contributed by atoms with E-state index in [9.17, 15) is 5.11 Å². The van der Waals surface area contributed by atoms with E-state index < -0.39 is 0 Å². The summed E-state index contributed by atoms with van der Waals surface area (Å²) in [5.41, 5.74) is 2.45. The minimum absolute atomic E-state index is 0.133. The predicted octanol–water partition coefficient (Wildman–Crippen LogP) is 4.00. The van der Waals surface area contributed by atoms with Gasteiger partial charge in [-0.3, -0.25) is 0 Å². The van der Waals surface area contributed by atoms with Crippen LogP contribution in [0.2, 0.25) is 0 Å². The largest absolute Gasteiger partial charge is 0.508 e. The van der Waals surface area contributed by atoms with Crippen LogP contribution >= 0.6 is 0 Å². The summed E-state index contributed by atoms with van der Waals surface area (Å²) in [6.07, 6.45) is 4.67. The van der Waals surface area contributed by atoms with Crippen molar-refractivity contribution < 1.29 is 9.84 Å². The number of aromatic hydroxyl groups is 1. The molecule has 0 spiro atoms. The molecule has 0 fully saturated rings. The topological polar surface area (TPSA) is 29.5 Å². The summed E-state index contributed by atoms with van der Waals surface area (Å²) < 4.78 is 6.14. The van der Waals surface area contributed by atoms with Gasteiger partial charge in [0.15, 0.2) is 0 Å². The lowest BCUT2D eigenvalue weighted by Crippen LogP contribution is -2.45. The van der Waals surface area contributed by atoms with Crippen LogP contribution in [-0.4, -0.2) is 10.7 Å². The van der Waals surface area contributed by atoms with Crippen LogP contribution in [0.25, 0.3) is 0 Å². The third-order valence-electron chi connectivity index (χ3n) is 4.37. The molecule has 0 aromatic heterocycles. The van der Waals surface area contributed by atoms with Crippen LogP contribution in [0, 0.1) is 5.92 Å². The van der Waals surface area contributed by atoms with Crippen molar-refractivity contribution in [1.82, 2.24) is 0 Å². The van der Waals surface area contributed by atoms with E-state index in [2.05, 4.69) is 26.8 Å². The Morgan fingerprint density at radius 2 is 2.11 bits per heavy atom. The highest BCUT2D eigenvalue weighted by molar-refractivity contribution is 5.47. The molecule has 2 aliphatic rings. The first-order valence-corrected chi connectivity index (χ1v) is 6.66. The van der Waals surface area contributed by atoms with Crippen LogP contribution in [0.5, 0.6) is 11.5 Å². The van der Waals surface area contributed by atoms with Crippen LogP contribution in [0.3, 0.4) is 0 Å². The van der Waals surface area contributed by atoms with E-state index in [0.29, 0.717) is 17.6 Å². The van der Waals surface area contributed by atoms with Crippen molar-refractivity contribution in [3.05, 3.63) is 35.4 Å². The molecule has 1 unspecified atom stereocenters. The maximum absolute atomic E-state index is 9.70. The average molecular weight is 244 g/mol. The first kappa shape index (κ1) is 11.6. The number of phenolic OH excluding ortho intramolecular Hbond substituents is 1. The fraction of sp³-hybridized carbons (Fsp3) is 0.500. The Morgan fingerprint density at radius 3 is 2.89 bits per heavy atom. The number of rotatable bonds is 0.